The molecule has 0 spiro atoms. The van der Waals surface area contributed by atoms with Crippen LogP contribution in [0.15, 0.2) is 78.9 Å². The number of aliphatic hydroxyl groups is 1. The van der Waals surface area contributed by atoms with Crippen LogP contribution < -0.4 is 9.47 Å². The van der Waals surface area contributed by atoms with Crippen LogP contribution in [0.3, 0.4) is 0 Å². The van der Waals surface area contributed by atoms with Crippen LogP contribution in [0.4, 0.5) is 0 Å². The number of esters is 1. The van der Waals surface area contributed by atoms with E-state index in [9.17, 15) is 9.90 Å². The summed E-state index contributed by atoms with van der Waals surface area (Å²) in [4.78, 5) is 16.5. The molecular weight excluding hydrogens is 430 g/mol. The van der Waals surface area contributed by atoms with Gasteiger partial charge >= 0.3 is 5.97 Å². The summed E-state index contributed by atoms with van der Waals surface area (Å²) in [5.41, 5.74) is 3.89. The van der Waals surface area contributed by atoms with Crippen molar-refractivity contribution in [2.45, 2.75) is 19.1 Å². The highest BCUT2D eigenvalue weighted by Crippen LogP contribution is 2.39. The van der Waals surface area contributed by atoms with E-state index in [1.807, 2.05) is 66.7 Å². The van der Waals surface area contributed by atoms with E-state index in [-0.39, 0.29) is 11.9 Å². The summed E-state index contributed by atoms with van der Waals surface area (Å²) in [5.74, 6) is 0.765. The van der Waals surface area contributed by atoms with Crippen molar-refractivity contribution in [1.82, 2.24) is 4.98 Å². The largest absolute Gasteiger partial charge is 0.493 e. The van der Waals surface area contributed by atoms with Gasteiger partial charge in [-0.05, 0) is 54.4 Å². The van der Waals surface area contributed by atoms with E-state index in [1.165, 1.54) is 7.11 Å². The zero-order valence-electron chi connectivity index (χ0n) is 18.8. The maximum absolute atomic E-state index is 11.8. The van der Waals surface area contributed by atoms with Gasteiger partial charge in [0.25, 0.3) is 0 Å². The molecular formula is C28H25NO5. The molecule has 6 nitrogen and oxygen atoms in total. The summed E-state index contributed by atoms with van der Waals surface area (Å²) < 4.78 is 16.7. The minimum atomic E-state index is -0.715. The maximum Gasteiger partial charge on any atom is 0.337 e. The van der Waals surface area contributed by atoms with E-state index in [0.29, 0.717) is 42.3 Å². The number of carbonyl (C=O) groups excluding carboxylic acids is 1. The Morgan fingerprint density at radius 3 is 2.82 bits per heavy atom. The summed E-state index contributed by atoms with van der Waals surface area (Å²) >= 11 is 0. The Morgan fingerprint density at radius 2 is 1.94 bits per heavy atom. The van der Waals surface area contributed by atoms with Crippen molar-refractivity contribution in [2.24, 2.45) is 5.92 Å². The molecule has 0 fully saturated rings. The average Bonchev–Trinajstić information content (AvgIpc) is 2.89. The van der Waals surface area contributed by atoms with E-state index >= 15 is 0 Å². The van der Waals surface area contributed by atoms with Crippen LogP contribution in [0.5, 0.6) is 11.5 Å². The molecule has 34 heavy (non-hydrogen) atoms. The monoisotopic (exact) mass is 455 g/mol. The van der Waals surface area contributed by atoms with Crippen LogP contribution in [0.2, 0.25) is 0 Å². The molecule has 3 aromatic carbocycles. The van der Waals surface area contributed by atoms with Gasteiger partial charge in [-0.1, -0.05) is 36.4 Å². The standard InChI is InChI=1S/C28H25NO5/c1-32-28(31)20-7-4-5-18(13-20)14-21-16-34-26-12-11-23(15-24(26)27(21)30)33-17-22-10-9-19-6-2-3-8-25(19)29-22/h2-13,15,21,27,30H,14,16-17H2,1H3/t21-,27-/m1/s1. The fourth-order valence-corrected chi connectivity index (χ4v) is 4.28. The lowest BCUT2D eigenvalue weighted by atomic mass is 9.88. The number of methoxy groups -OCH3 is 1. The van der Waals surface area contributed by atoms with Gasteiger partial charge in [0.2, 0.25) is 0 Å². The number of carbonyl (C=O) groups is 1. The van der Waals surface area contributed by atoms with Crippen molar-refractivity contribution in [3.63, 3.8) is 0 Å². The number of benzene rings is 3. The molecule has 1 aliphatic rings. The molecule has 172 valence electrons. The molecule has 0 amide bonds. The first-order valence-electron chi connectivity index (χ1n) is 11.2. The number of ether oxygens (including phenoxy) is 3. The zero-order chi connectivity index (χ0) is 23.5. The third-order valence-corrected chi connectivity index (χ3v) is 6.09. The molecule has 0 saturated heterocycles. The van der Waals surface area contributed by atoms with Gasteiger partial charge in [0.1, 0.15) is 18.1 Å². The second-order valence-electron chi connectivity index (χ2n) is 8.40. The first kappa shape index (κ1) is 21.9. The summed E-state index contributed by atoms with van der Waals surface area (Å²) in [6.07, 6.45) is -0.148. The summed E-state index contributed by atoms with van der Waals surface area (Å²) in [7, 11) is 1.36. The first-order chi connectivity index (χ1) is 16.6. The van der Waals surface area contributed by atoms with Crippen LogP contribution in [-0.4, -0.2) is 29.8 Å². The Labute approximate surface area is 197 Å². The Bertz CT molecular complexity index is 1340. The second kappa shape index (κ2) is 9.53. The third kappa shape index (κ3) is 4.58. The van der Waals surface area contributed by atoms with Gasteiger partial charge in [0, 0.05) is 16.9 Å². The molecule has 2 heterocycles. The molecule has 0 radical (unpaired) electrons. The van der Waals surface area contributed by atoms with E-state index < -0.39 is 6.10 Å². The summed E-state index contributed by atoms with van der Waals surface area (Å²) in [5, 5.41) is 12.2. The smallest absolute Gasteiger partial charge is 0.337 e. The predicted octanol–water partition coefficient (Wildman–Crippen LogP) is 4.89. The van der Waals surface area contributed by atoms with E-state index in [1.54, 1.807) is 12.1 Å². The molecule has 0 saturated carbocycles. The highest BCUT2D eigenvalue weighted by atomic mass is 16.5. The van der Waals surface area contributed by atoms with E-state index in [0.717, 1.165) is 22.2 Å². The molecule has 6 heteroatoms. The molecule has 5 rings (SSSR count). The highest BCUT2D eigenvalue weighted by molar-refractivity contribution is 5.89. The SMILES string of the molecule is COC(=O)c1cccc(C[C@@H]2COc3ccc(OCc4ccc5ccccc5n4)cc3[C@@H]2O)c1. The van der Waals surface area contributed by atoms with Crippen LogP contribution in [0.1, 0.15) is 33.3 Å². The summed E-state index contributed by atoms with van der Waals surface area (Å²) in [6.45, 7) is 0.710. The lowest BCUT2D eigenvalue weighted by Crippen LogP contribution is -2.27. The van der Waals surface area contributed by atoms with Crippen molar-refractivity contribution in [2.75, 3.05) is 13.7 Å². The number of hydrogen-bond donors (Lipinski definition) is 1. The quantitative estimate of drug-likeness (QED) is 0.418. The molecule has 0 unspecified atom stereocenters. The molecule has 1 N–H and O–H groups in total. The first-order valence-corrected chi connectivity index (χ1v) is 11.2. The zero-order valence-corrected chi connectivity index (χ0v) is 18.8. The van der Waals surface area contributed by atoms with Gasteiger partial charge < -0.3 is 19.3 Å². The minimum Gasteiger partial charge on any atom is -0.493 e. The van der Waals surface area contributed by atoms with Crippen molar-refractivity contribution in [3.05, 3.63) is 101 Å². The number of aliphatic hydroxyl groups excluding tert-OH is 1. The number of para-hydroxylation sites is 1. The molecule has 4 aromatic rings. The van der Waals surface area contributed by atoms with Crippen LogP contribution in [-0.2, 0) is 17.8 Å². The normalized spacial score (nSPS) is 17.0. The highest BCUT2D eigenvalue weighted by Gasteiger charge is 2.30. The number of rotatable bonds is 6. The number of pyridine rings is 1. The van der Waals surface area contributed by atoms with Crippen molar-refractivity contribution in [3.8, 4) is 11.5 Å². The molecule has 1 aliphatic heterocycles. The molecule has 1 aromatic heterocycles. The predicted molar refractivity (Wildman–Crippen MR) is 128 cm³/mol. The second-order valence-corrected chi connectivity index (χ2v) is 8.40. The van der Waals surface area contributed by atoms with Crippen LogP contribution in [0, 0.1) is 5.92 Å². The minimum absolute atomic E-state index is 0.155. The van der Waals surface area contributed by atoms with Crippen molar-refractivity contribution >= 4 is 16.9 Å². The Hall–Kier alpha value is -3.90. The van der Waals surface area contributed by atoms with Crippen LogP contribution in [0.25, 0.3) is 10.9 Å². The molecule has 0 aliphatic carbocycles. The van der Waals surface area contributed by atoms with Crippen molar-refractivity contribution in [1.29, 1.82) is 0 Å². The van der Waals surface area contributed by atoms with Gasteiger partial charge in [-0.25, -0.2) is 9.78 Å². The van der Waals surface area contributed by atoms with Crippen LogP contribution >= 0.6 is 0 Å². The Morgan fingerprint density at radius 1 is 1.06 bits per heavy atom. The third-order valence-electron chi connectivity index (χ3n) is 6.09. The Kier molecular flexibility index (Phi) is 6.14. The van der Waals surface area contributed by atoms with Gasteiger partial charge in [0.05, 0.1) is 36.6 Å². The summed E-state index contributed by atoms with van der Waals surface area (Å²) in [6, 6.07) is 24.7. The van der Waals surface area contributed by atoms with Gasteiger partial charge in [-0.3, -0.25) is 0 Å². The fourth-order valence-electron chi connectivity index (χ4n) is 4.28. The average molecular weight is 456 g/mol. The van der Waals surface area contributed by atoms with E-state index in [2.05, 4.69) is 4.98 Å². The molecule has 2 atom stereocenters. The van der Waals surface area contributed by atoms with Gasteiger partial charge in [-0.2, -0.15) is 0 Å². The number of hydrogen-bond acceptors (Lipinski definition) is 6. The lowest BCUT2D eigenvalue weighted by Gasteiger charge is -2.30. The van der Waals surface area contributed by atoms with Gasteiger partial charge in [0.15, 0.2) is 0 Å². The maximum atomic E-state index is 11.8. The van der Waals surface area contributed by atoms with Crippen molar-refractivity contribution < 1.29 is 24.1 Å². The Balaban J connectivity index is 1.29. The number of fused-ring (bicyclic) bond motifs is 2. The topological polar surface area (TPSA) is 77.9 Å². The van der Waals surface area contributed by atoms with Gasteiger partial charge in [-0.15, -0.1) is 0 Å². The lowest BCUT2D eigenvalue weighted by molar-refractivity contribution is 0.0504. The van der Waals surface area contributed by atoms with E-state index in [4.69, 9.17) is 14.2 Å². The number of nitrogens with zero attached hydrogens (tertiary/aromatic N) is 1. The fraction of sp³-hybridized carbons (Fsp3) is 0.214. The number of aromatic nitrogens is 1. The molecule has 0 bridgehead atoms.